The van der Waals surface area contributed by atoms with Crippen molar-refractivity contribution in [1.82, 2.24) is 0 Å². The third-order valence-corrected chi connectivity index (χ3v) is 4.38. The summed E-state index contributed by atoms with van der Waals surface area (Å²) in [6.07, 6.45) is 2.94. The second kappa shape index (κ2) is 5.36. The van der Waals surface area contributed by atoms with Gasteiger partial charge in [-0.2, -0.15) is 0 Å². The average Bonchev–Trinajstić information content (AvgIpc) is 2.50. The fourth-order valence-electron chi connectivity index (χ4n) is 2.67. The van der Waals surface area contributed by atoms with Gasteiger partial charge in [-0.15, -0.1) is 0 Å². The van der Waals surface area contributed by atoms with Gasteiger partial charge in [0, 0.05) is 0 Å². The third-order valence-electron chi connectivity index (χ3n) is 4.38. The minimum atomic E-state index is -0.555. The standard InChI is InChI=1S/C15H26O2/c1-10(2)14(16)7-6-11(3)13-8-9-15(5,17)12(13)4/h12-14,16-17H,1,3,6-9H2,2,4-5H3/t12-,13-,14-,15+/m0/s1. The van der Waals surface area contributed by atoms with E-state index in [1.807, 2.05) is 13.8 Å². The van der Waals surface area contributed by atoms with Gasteiger partial charge in [-0.3, -0.25) is 0 Å². The molecule has 0 spiro atoms. The Hall–Kier alpha value is -0.600. The molecule has 0 radical (unpaired) electrons. The minimum absolute atomic E-state index is 0.261. The molecular weight excluding hydrogens is 212 g/mol. The Labute approximate surface area is 105 Å². The van der Waals surface area contributed by atoms with E-state index in [2.05, 4.69) is 20.1 Å². The Kier molecular flexibility index (Phi) is 4.56. The molecule has 0 unspecified atom stereocenters. The summed E-state index contributed by atoms with van der Waals surface area (Å²) in [5, 5.41) is 19.8. The molecule has 17 heavy (non-hydrogen) atoms. The molecule has 0 aromatic carbocycles. The second-order valence-electron chi connectivity index (χ2n) is 5.85. The van der Waals surface area contributed by atoms with E-state index in [1.54, 1.807) is 0 Å². The van der Waals surface area contributed by atoms with Gasteiger partial charge in [0.15, 0.2) is 0 Å². The van der Waals surface area contributed by atoms with Crippen LogP contribution in [0.25, 0.3) is 0 Å². The number of aliphatic hydroxyl groups excluding tert-OH is 1. The second-order valence-corrected chi connectivity index (χ2v) is 5.85. The zero-order valence-corrected chi connectivity index (χ0v) is 11.4. The molecule has 2 heteroatoms. The van der Waals surface area contributed by atoms with Gasteiger partial charge in [0.05, 0.1) is 11.7 Å². The van der Waals surface area contributed by atoms with Crippen molar-refractivity contribution in [2.45, 2.75) is 58.2 Å². The van der Waals surface area contributed by atoms with Crippen LogP contribution < -0.4 is 0 Å². The molecule has 0 aliphatic heterocycles. The van der Waals surface area contributed by atoms with Crippen molar-refractivity contribution in [3.8, 4) is 0 Å². The van der Waals surface area contributed by atoms with E-state index < -0.39 is 11.7 Å². The molecule has 0 aromatic rings. The minimum Gasteiger partial charge on any atom is -0.390 e. The molecule has 2 N–H and O–H groups in total. The topological polar surface area (TPSA) is 40.5 Å². The highest BCUT2D eigenvalue weighted by atomic mass is 16.3. The molecular formula is C15H26O2. The van der Waals surface area contributed by atoms with Gasteiger partial charge in [-0.05, 0) is 51.4 Å². The Morgan fingerprint density at radius 3 is 2.47 bits per heavy atom. The van der Waals surface area contributed by atoms with Crippen LogP contribution in [0.2, 0.25) is 0 Å². The van der Waals surface area contributed by atoms with E-state index in [0.717, 1.165) is 30.4 Å². The van der Waals surface area contributed by atoms with Crippen molar-refractivity contribution in [3.63, 3.8) is 0 Å². The maximum atomic E-state index is 10.1. The lowest BCUT2D eigenvalue weighted by Gasteiger charge is -2.27. The first-order chi connectivity index (χ1) is 7.75. The highest BCUT2D eigenvalue weighted by Crippen LogP contribution is 2.44. The van der Waals surface area contributed by atoms with Crippen LogP contribution in [0.4, 0.5) is 0 Å². The molecule has 4 atom stereocenters. The van der Waals surface area contributed by atoms with Gasteiger partial charge in [-0.25, -0.2) is 0 Å². The number of rotatable bonds is 5. The molecule has 1 rings (SSSR count). The Morgan fingerprint density at radius 2 is 2.06 bits per heavy atom. The monoisotopic (exact) mass is 238 g/mol. The lowest BCUT2D eigenvalue weighted by molar-refractivity contribution is 0.0213. The first-order valence-corrected chi connectivity index (χ1v) is 6.49. The summed E-state index contributed by atoms with van der Waals surface area (Å²) in [5.41, 5.74) is 1.42. The quantitative estimate of drug-likeness (QED) is 0.723. The van der Waals surface area contributed by atoms with Crippen LogP contribution in [0.5, 0.6) is 0 Å². The molecule has 1 aliphatic carbocycles. The van der Waals surface area contributed by atoms with Crippen LogP contribution >= 0.6 is 0 Å². The van der Waals surface area contributed by atoms with E-state index in [0.29, 0.717) is 12.3 Å². The molecule has 0 saturated heterocycles. The van der Waals surface area contributed by atoms with Crippen LogP contribution in [0, 0.1) is 11.8 Å². The van der Waals surface area contributed by atoms with Gasteiger partial charge in [0.1, 0.15) is 0 Å². The molecule has 1 fully saturated rings. The smallest absolute Gasteiger partial charge is 0.0747 e. The summed E-state index contributed by atoms with van der Waals surface area (Å²) >= 11 is 0. The van der Waals surface area contributed by atoms with E-state index >= 15 is 0 Å². The zero-order valence-electron chi connectivity index (χ0n) is 11.4. The Bertz CT molecular complexity index is 304. The van der Waals surface area contributed by atoms with Crippen LogP contribution in [-0.2, 0) is 0 Å². The molecule has 0 aromatic heterocycles. The SMILES string of the molecule is C=C(C)[C@@H](O)CCC(=C)[C@@H]1CC[C@@](C)(O)[C@H]1C. The third kappa shape index (κ3) is 3.43. The Morgan fingerprint density at radius 1 is 1.47 bits per heavy atom. The number of hydrogen-bond donors (Lipinski definition) is 2. The zero-order chi connectivity index (χ0) is 13.2. The van der Waals surface area contributed by atoms with Gasteiger partial charge in [0.2, 0.25) is 0 Å². The maximum absolute atomic E-state index is 10.1. The van der Waals surface area contributed by atoms with Crippen molar-refractivity contribution in [2.75, 3.05) is 0 Å². The summed E-state index contributed by atoms with van der Waals surface area (Å²) in [4.78, 5) is 0. The predicted molar refractivity (Wildman–Crippen MR) is 71.7 cm³/mol. The summed E-state index contributed by atoms with van der Waals surface area (Å²) in [5.74, 6) is 0.652. The van der Waals surface area contributed by atoms with Crippen molar-refractivity contribution in [2.24, 2.45) is 11.8 Å². The van der Waals surface area contributed by atoms with Crippen molar-refractivity contribution >= 4 is 0 Å². The molecule has 0 amide bonds. The highest BCUT2D eigenvalue weighted by molar-refractivity contribution is 5.10. The maximum Gasteiger partial charge on any atom is 0.0747 e. The van der Waals surface area contributed by atoms with Crippen LogP contribution in [0.3, 0.4) is 0 Å². The van der Waals surface area contributed by atoms with Crippen molar-refractivity contribution < 1.29 is 10.2 Å². The molecule has 0 bridgehead atoms. The van der Waals surface area contributed by atoms with Crippen LogP contribution in [-0.4, -0.2) is 21.9 Å². The summed E-state index contributed by atoms with van der Waals surface area (Å²) in [6.45, 7) is 13.7. The lowest BCUT2D eigenvalue weighted by atomic mass is 9.83. The largest absolute Gasteiger partial charge is 0.390 e. The number of aliphatic hydroxyl groups is 2. The first-order valence-electron chi connectivity index (χ1n) is 6.49. The fourth-order valence-corrected chi connectivity index (χ4v) is 2.67. The van der Waals surface area contributed by atoms with Gasteiger partial charge in [-0.1, -0.05) is 31.2 Å². The van der Waals surface area contributed by atoms with E-state index in [9.17, 15) is 10.2 Å². The van der Waals surface area contributed by atoms with E-state index in [4.69, 9.17) is 0 Å². The van der Waals surface area contributed by atoms with Gasteiger partial charge < -0.3 is 10.2 Å². The fraction of sp³-hybridized carbons (Fsp3) is 0.733. The molecule has 98 valence electrons. The van der Waals surface area contributed by atoms with Gasteiger partial charge in [0.25, 0.3) is 0 Å². The van der Waals surface area contributed by atoms with Crippen molar-refractivity contribution in [1.29, 1.82) is 0 Å². The van der Waals surface area contributed by atoms with Crippen LogP contribution in [0.1, 0.15) is 46.5 Å². The van der Waals surface area contributed by atoms with E-state index in [1.165, 1.54) is 0 Å². The molecule has 0 heterocycles. The van der Waals surface area contributed by atoms with Crippen LogP contribution in [0.15, 0.2) is 24.3 Å². The molecule has 1 aliphatic rings. The summed E-state index contributed by atoms with van der Waals surface area (Å²) in [7, 11) is 0. The van der Waals surface area contributed by atoms with E-state index in [-0.39, 0.29) is 5.92 Å². The van der Waals surface area contributed by atoms with Gasteiger partial charge >= 0.3 is 0 Å². The highest BCUT2D eigenvalue weighted by Gasteiger charge is 2.41. The average molecular weight is 238 g/mol. The summed E-state index contributed by atoms with van der Waals surface area (Å²) in [6, 6.07) is 0. The number of allylic oxidation sites excluding steroid dienone is 1. The Balaban J connectivity index is 2.47. The molecule has 2 nitrogen and oxygen atoms in total. The predicted octanol–water partition coefficient (Wildman–Crippen LogP) is 3.06. The summed E-state index contributed by atoms with van der Waals surface area (Å²) < 4.78 is 0. The lowest BCUT2D eigenvalue weighted by Crippen LogP contribution is -2.29. The van der Waals surface area contributed by atoms with Crippen molar-refractivity contribution in [3.05, 3.63) is 24.3 Å². The normalized spacial score (nSPS) is 34.6. The first kappa shape index (κ1) is 14.5. The molecule has 1 saturated carbocycles. The number of hydrogen-bond acceptors (Lipinski definition) is 2.